The van der Waals surface area contributed by atoms with Gasteiger partial charge in [-0.05, 0) is 86.4 Å². The zero-order valence-corrected chi connectivity index (χ0v) is 21.0. The highest BCUT2D eigenvalue weighted by molar-refractivity contribution is 4.97. The summed E-state index contributed by atoms with van der Waals surface area (Å²) in [5, 5.41) is 3.95. The Labute approximate surface area is 188 Å². The van der Waals surface area contributed by atoms with Crippen LogP contribution in [0.2, 0.25) is 0 Å². The van der Waals surface area contributed by atoms with Crippen LogP contribution in [0.15, 0.2) is 0 Å². The molecule has 0 saturated heterocycles. The van der Waals surface area contributed by atoms with Gasteiger partial charge in [0.1, 0.15) is 0 Å². The zero-order valence-electron chi connectivity index (χ0n) is 21.0. The summed E-state index contributed by atoms with van der Waals surface area (Å²) >= 11 is 0. The number of rotatable bonds is 12. The Kier molecular flexibility index (Phi) is 9.57. The molecule has 0 aromatic heterocycles. The molecule has 0 bridgehead atoms. The fourth-order valence-electron chi connectivity index (χ4n) is 7.72. The molecule has 3 aliphatic rings. The van der Waals surface area contributed by atoms with Gasteiger partial charge in [0.25, 0.3) is 0 Å². The van der Waals surface area contributed by atoms with E-state index in [4.69, 9.17) is 5.73 Å². The highest BCUT2D eigenvalue weighted by Gasteiger charge is 2.45. The van der Waals surface area contributed by atoms with Crippen LogP contribution < -0.4 is 11.1 Å². The maximum Gasteiger partial charge on any atom is 0.00753 e. The van der Waals surface area contributed by atoms with Crippen molar-refractivity contribution in [3.05, 3.63) is 0 Å². The molecule has 3 fully saturated rings. The van der Waals surface area contributed by atoms with E-state index >= 15 is 0 Å². The van der Waals surface area contributed by atoms with Crippen LogP contribution in [0.5, 0.6) is 0 Å². The smallest absolute Gasteiger partial charge is 0.00753 e. The first kappa shape index (κ1) is 24.6. The third-order valence-corrected chi connectivity index (χ3v) is 9.33. The van der Waals surface area contributed by atoms with Gasteiger partial charge in [0.15, 0.2) is 0 Å². The van der Waals surface area contributed by atoms with Crippen LogP contribution in [0.1, 0.15) is 118 Å². The standard InChI is InChI=1S/C28H54N2/c1-6-7-8-11-21(5)28-26(25(19(2)3)18-27(28)29)15-20(4)14-22-16-24(17-22)30-23-12-9-10-13-23/h19-28,30H,6-18,29H2,1-5H3. The third-order valence-electron chi connectivity index (χ3n) is 9.33. The monoisotopic (exact) mass is 418 g/mol. The van der Waals surface area contributed by atoms with Gasteiger partial charge in [0.2, 0.25) is 0 Å². The average molecular weight is 419 g/mol. The Morgan fingerprint density at radius 1 is 0.900 bits per heavy atom. The van der Waals surface area contributed by atoms with E-state index in [1.54, 1.807) is 0 Å². The summed E-state index contributed by atoms with van der Waals surface area (Å²) < 4.78 is 0. The molecular formula is C28H54N2. The van der Waals surface area contributed by atoms with Gasteiger partial charge in [-0.1, -0.05) is 73.1 Å². The van der Waals surface area contributed by atoms with Crippen LogP contribution in [0.4, 0.5) is 0 Å². The van der Waals surface area contributed by atoms with Gasteiger partial charge in [-0.25, -0.2) is 0 Å². The van der Waals surface area contributed by atoms with Crippen molar-refractivity contribution in [1.82, 2.24) is 5.32 Å². The summed E-state index contributed by atoms with van der Waals surface area (Å²) in [6.45, 7) is 12.3. The lowest BCUT2D eigenvalue weighted by atomic mass is 9.69. The lowest BCUT2D eigenvalue weighted by Gasteiger charge is -2.40. The Hall–Kier alpha value is -0.0800. The lowest BCUT2D eigenvalue weighted by molar-refractivity contribution is 0.130. The molecule has 3 saturated carbocycles. The summed E-state index contributed by atoms with van der Waals surface area (Å²) in [5.74, 6) is 5.89. The summed E-state index contributed by atoms with van der Waals surface area (Å²) in [7, 11) is 0. The molecule has 0 amide bonds. The molecule has 0 aromatic carbocycles. The fraction of sp³-hybridized carbons (Fsp3) is 1.00. The van der Waals surface area contributed by atoms with Gasteiger partial charge in [0.05, 0.1) is 0 Å². The van der Waals surface area contributed by atoms with Gasteiger partial charge in [-0.2, -0.15) is 0 Å². The van der Waals surface area contributed by atoms with Crippen molar-refractivity contribution in [3.63, 3.8) is 0 Å². The molecule has 30 heavy (non-hydrogen) atoms. The maximum absolute atomic E-state index is 6.80. The van der Waals surface area contributed by atoms with Gasteiger partial charge in [-0.15, -0.1) is 0 Å². The van der Waals surface area contributed by atoms with E-state index in [-0.39, 0.29) is 0 Å². The van der Waals surface area contributed by atoms with Gasteiger partial charge >= 0.3 is 0 Å². The minimum absolute atomic E-state index is 0.440. The predicted octanol–water partition coefficient (Wildman–Crippen LogP) is 7.17. The van der Waals surface area contributed by atoms with E-state index in [1.165, 1.54) is 83.5 Å². The Bertz CT molecular complexity index is 477. The number of nitrogens with one attached hydrogen (secondary N) is 1. The van der Waals surface area contributed by atoms with E-state index in [1.807, 2.05) is 0 Å². The highest BCUT2D eigenvalue weighted by Crippen LogP contribution is 2.49. The lowest BCUT2D eigenvalue weighted by Crippen LogP contribution is -2.45. The largest absolute Gasteiger partial charge is 0.327 e. The number of hydrogen-bond donors (Lipinski definition) is 2. The average Bonchev–Trinajstić information content (AvgIpc) is 3.28. The van der Waals surface area contributed by atoms with Crippen molar-refractivity contribution < 1.29 is 0 Å². The van der Waals surface area contributed by atoms with E-state index in [0.29, 0.717) is 6.04 Å². The van der Waals surface area contributed by atoms with Crippen LogP contribution in [-0.2, 0) is 0 Å². The van der Waals surface area contributed by atoms with E-state index in [9.17, 15) is 0 Å². The van der Waals surface area contributed by atoms with Crippen molar-refractivity contribution in [2.75, 3.05) is 0 Å². The molecule has 3 rings (SSSR count). The van der Waals surface area contributed by atoms with Crippen molar-refractivity contribution >= 4 is 0 Å². The van der Waals surface area contributed by atoms with Crippen molar-refractivity contribution in [2.24, 2.45) is 47.2 Å². The molecule has 0 heterocycles. The number of hydrogen-bond acceptors (Lipinski definition) is 2. The molecule has 0 radical (unpaired) electrons. The van der Waals surface area contributed by atoms with Crippen LogP contribution in [-0.4, -0.2) is 18.1 Å². The molecule has 3 aliphatic carbocycles. The Morgan fingerprint density at radius 3 is 2.23 bits per heavy atom. The second-order valence-corrected chi connectivity index (χ2v) is 12.3. The van der Waals surface area contributed by atoms with Crippen LogP contribution in [0.3, 0.4) is 0 Å². The number of nitrogens with two attached hydrogens (primary N) is 1. The zero-order chi connectivity index (χ0) is 21.7. The normalized spacial score (nSPS) is 36.9. The summed E-state index contributed by atoms with van der Waals surface area (Å²) in [6, 6.07) is 2.12. The van der Waals surface area contributed by atoms with Crippen LogP contribution in [0.25, 0.3) is 0 Å². The van der Waals surface area contributed by atoms with Gasteiger partial charge < -0.3 is 11.1 Å². The summed E-state index contributed by atoms with van der Waals surface area (Å²) in [4.78, 5) is 0. The first-order valence-corrected chi connectivity index (χ1v) is 13.9. The maximum atomic E-state index is 6.80. The summed E-state index contributed by atoms with van der Waals surface area (Å²) in [5.41, 5.74) is 6.80. The SMILES string of the molecule is CCCCCC(C)C1C(N)CC(C(C)C)C1CC(C)CC1CC(NC2CCCC2)C1. The van der Waals surface area contributed by atoms with Crippen molar-refractivity contribution in [2.45, 2.75) is 136 Å². The molecular weight excluding hydrogens is 364 g/mol. The minimum Gasteiger partial charge on any atom is -0.327 e. The fourth-order valence-corrected chi connectivity index (χ4v) is 7.72. The Balaban J connectivity index is 1.48. The van der Waals surface area contributed by atoms with Gasteiger partial charge in [-0.3, -0.25) is 0 Å². The molecule has 0 aromatic rings. The van der Waals surface area contributed by atoms with E-state index in [0.717, 1.165) is 53.5 Å². The van der Waals surface area contributed by atoms with E-state index in [2.05, 4.69) is 39.9 Å². The molecule has 6 atom stereocenters. The molecule has 2 heteroatoms. The predicted molar refractivity (Wildman–Crippen MR) is 132 cm³/mol. The first-order valence-electron chi connectivity index (χ1n) is 13.9. The highest BCUT2D eigenvalue weighted by atomic mass is 15.0. The van der Waals surface area contributed by atoms with Crippen molar-refractivity contribution in [3.8, 4) is 0 Å². The number of unbranched alkanes of at least 4 members (excludes halogenated alkanes) is 2. The second-order valence-electron chi connectivity index (χ2n) is 12.3. The summed E-state index contributed by atoms with van der Waals surface area (Å²) in [6.07, 6.45) is 18.3. The molecule has 0 aliphatic heterocycles. The molecule has 6 unspecified atom stereocenters. The first-order chi connectivity index (χ1) is 14.4. The topological polar surface area (TPSA) is 38.0 Å². The molecule has 176 valence electrons. The Morgan fingerprint density at radius 2 is 1.60 bits per heavy atom. The van der Waals surface area contributed by atoms with E-state index < -0.39 is 0 Å². The second kappa shape index (κ2) is 11.7. The van der Waals surface area contributed by atoms with Crippen LogP contribution in [0, 0.1) is 41.4 Å². The van der Waals surface area contributed by atoms with Crippen molar-refractivity contribution in [1.29, 1.82) is 0 Å². The minimum atomic E-state index is 0.440. The third kappa shape index (κ3) is 6.47. The van der Waals surface area contributed by atoms with Crippen LogP contribution >= 0.6 is 0 Å². The molecule has 2 nitrogen and oxygen atoms in total. The van der Waals surface area contributed by atoms with Gasteiger partial charge in [0, 0.05) is 18.1 Å². The molecule has 3 N–H and O–H groups in total. The molecule has 0 spiro atoms. The quantitative estimate of drug-likeness (QED) is 0.330.